The summed E-state index contributed by atoms with van der Waals surface area (Å²) in [5.41, 5.74) is 7.90. The summed E-state index contributed by atoms with van der Waals surface area (Å²) in [6.45, 7) is 3.01. The zero-order chi connectivity index (χ0) is 14.1. The Hall–Kier alpha value is -1.85. The highest BCUT2D eigenvalue weighted by Crippen LogP contribution is 2.25. The highest BCUT2D eigenvalue weighted by molar-refractivity contribution is 6.31. The number of nitrogens with two attached hydrogens (primary N) is 1. The highest BCUT2D eigenvalue weighted by Gasteiger charge is 2.11. The minimum atomic E-state index is 0.484. The number of rotatable bonds is 4. The fourth-order valence-electron chi connectivity index (χ4n) is 2.28. The van der Waals surface area contributed by atoms with Crippen LogP contribution in [0.3, 0.4) is 0 Å². The van der Waals surface area contributed by atoms with Gasteiger partial charge in [-0.25, -0.2) is 0 Å². The van der Waals surface area contributed by atoms with E-state index in [1.165, 1.54) is 0 Å². The van der Waals surface area contributed by atoms with Gasteiger partial charge in [0.15, 0.2) is 5.82 Å². The first-order chi connectivity index (χ1) is 9.71. The van der Waals surface area contributed by atoms with Crippen LogP contribution in [0.5, 0.6) is 0 Å². The van der Waals surface area contributed by atoms with E-state index >= 15 is 0 Å². The van der Waals surface area contributed by atoms with Crippen LogP contribution in [0.2, 0.25) is 5.02 Å². The van der Waals surface area contributed by atoms with E-state index in [2.05, 4.69) is 10.1 Å². The molecule has 1 aromatic carbocycles. The van der Waals surface area contributed by atoms with Gasteiger partial charge in [-0.15, -0.1) is 0 Å². The van der Waals surface area contributed by atoms with Crippen molar-refractivity contribution in [3.05, 3.63) is 46.7 Å². The normalized spacial score (nSPS) is 11.3. The highest BCUT2D eigenvalue weighted by atomic mass is 35.5. The van der Waals surface area contributed by atoms with Crippen LogP contribution in [0.4, 0.5) is 0 Å². The van der Waals surface area contributed by atoms with E-state index in [4.69, 9.17) is 21.9 Å². The lowest BCUT2D eigenvalue weighted by Crippen LogP contribution is -2.00. The molecule has 0 fully saturated rings. The molecule has 0 bridgehead atoms. The third-order valence-corrected chi connectivity index (χ3v) is 3.51. The van der Waals surface area contributed by atoms with Crippen LogP contribution < -0.4 is 5.73 Å². The first-order valence-corrected chi connectivity index (χ1v) is 6.88. The Labute approximate surface area is 121 Å². The van der Waals surface area contributed by atoms with Crippen LogP contribution in [0.25, 0.3) is 10.9 Å². The summed E-state index contributed by atoms with van der Waals surface area (Å²) in [5.74, 6) is 1.30. The summed E-state index contributed by atoms with van der Waals surface area (Å²) in [6.07, 6.45) is 2.75. The number of aryl methyl sites for hydroxylation is 1. The Bertz CT molecular complexity index is 747. The van der Waals surface area contributed by atoms with E-state index in [0.717, 1.165) is 22.9 Å². The molecule has 5 nitrogen and oxygen atoms in total. The summed E-state index contributed by atoms with van der Waals surface area (Å²) >= 11 is 6.08. The second-order valence-electron chi connectivity index (χ2n) is 4.61. The third kappa shape index (κ3) is 2.30. The number of benzene rings is 1. The van der Waals surface area contributed by atoms with Gasteiger partial charge in [0.05, 0.1) is 12.1 Å². The first kappa shape index (κ1) is 13.1. The molecular formula is C14H15ClN4O. The van der Waals surface area contributed by atoms with Gasteiger partial charge in [0.25, 0.3) is 0 Å². The van der Waals surface area contributed by atoms with E-state index in [1.54, 1.807) is 0 Å². The molecule has 0 atom stereocenters. The molecular weight excluding hydrogens is 276 g/mol. The van der Waals surface area contributed by atoms with E-state index in [-0.39, 0.29) is 0 Å². The summed E-state index contributed by atoms with van der Waals surface area (Å²) in [5, 5.41) is 5.78. The molecule has 104 valence electrons. The number of halogens is 1. The lowest BCUT2D eigenvalue weighted by Gasteiger charge is -2.01. The minimum Gasteiger partial charge on any atom is -0.339 e. The van der Waals surface area contributed by atoms with Crippen LogP contribution in [0.1, 0.15) is 24.2 Å². The van der Waals surface area contributed by atoms with Gasteiger partial charge in [0.2, 0.25) is 5.89 Å². The maximum absolute atomic E-state index is 6.08. The molecule has 0 radical (unpaired) electrons. The Balaban J connectivity index is 2.04. The second kappa shape index (κ2) is 5.26. The fraction of sp³-hybridized carbons (Fsp3) is 0.286. The Morgan fingerprint density at radius 2 is 2.25 bits per heavy atom. The molecule has 6 heteroatoms. The number of aromatic nitrogens is 3. The van der Waals surface area contributed by atoms with E-state index in [9.17, 15) is 0 Å². The third-order valence-electron chi connectivity index (χ3n) is 3.27. The molecule has 2 N–H and O–H groups in total. The summed E-state index contributed by atoms with van der Waals surface area (Å²) < 4.78 is 7.18. The van der Waals surface area contributed by atoms with Crippen molar-refractivity contribution in [3.8, 4) is 0 Å². The van der Waals surface area contributed by atoms with Gasteiger partial charge in [-0.05, 0) is 17.7 Å². The van der Waals surface area contributed by atoms with E-state index in [0.29, 0.717) is 29.8 Å². The van der Waals surface area contributed by atoms with Gasteiger partial charge in [0, 0.05) is 29.6 Å². The molecule has 3 aromatic rings. The zero-order valence-electron chi connectivity index (χ0n) is 11.1. The predicted molar refractivity (Wildman–Crippen MR) is 77.6 cm³/mol. The lowest BCUT2D eigenvalue weighted by atomic mass is 10.2. The van der Waals surface area contributed by atoms with Crippen molar-refractivity contribution in [2.24, 2.45) is 5.73 Å². The Kier molecular flexibility index (Phi) is 3.46. The van der Waals surface area contributed by atoms with Crippen molar-refractivity contribution in [2.45, 2.75) is 26.4 Å². The van der Waals surface area contributed by atoms with Gasteiger partial charge in [-0.2, -0.15) is 4.98 Å². The molecule has 0 saturated carbocycles. The standard InChI is InChI=1S/C14H15ClN4O/c1-2-14-17-13(18-20-14)8-19-7-9(6-16)11-4-3-10(15)5-12(11)19/h3-5,7H,2,6,8,16H2,1H3. The van der Waals surface area contributed by atoms with Gasteiger partial charge >= 0.3 is 0 Å². The predicted octanol–water partition coefficient (Wildman–Crippen LogP) is 2.75. The van der Waals surface area contributed by atoms with Crippen molar-refractivity contribution in [2.75, 3.05) is 0 Å². The molecule has 20 heavy (non-hydrogen) atoms. The van der Waals surface area contributed by atoms with Crippen LogP contribution in [0.15, 0.2) is 28.9 Å². The number of hydrogen-bond donors (Lipinski definition) is 1. The molecule has 0 aliphatic carbocycles. The van der Waals surface area contributed by atoms with Crippen molar-refractivity contribution in [1.29, 1.82) is 0 Å². The molecule has 3 rings (SSSR count). The van der Waals surface area contributed by atoms with Crippen LogP contribution in [-0.2, 0) is 19.5 Å². The van der Waals surface area contributed by atoms with Gasteiger partial charge in [-0.3, -0.25) is 0 Å². The number of fused-ring (bicyclic) bond motifs is 1. The van der Waals surface area contributed by atoms with Crippen molar-refractivity contribution in [3.63, 3.8) is 0 Å². The average molecular weight is 291 g/mol. The fourth-order valence-corrected chi connectivity index (χ4v) is 2.45. The maximum Gasteiger partial charge on any atom is 0.226 e. The van der Waals surface area contributed by atoms with Crippen molar-refractivity contribution < 1.29 is 4.52 Å². The SMILES string of the molecule is CCc1nc(Cn2cc(CN)c3ccc(Cl)cc32)no1. The van der Waals surface area contributed by atoms with Gasteiger partial charge < -0.3 is 14.8 Å². The van der Waals surface area contributed by atoms with Crippen LogP contribution in [0, 0.1) is 0 Å². The summed E-state index contributed by atoms with van der Waals surface area (Å²) in [6, 6.07) is 5.79. The Morgan fingerprint density at radius 1 is 1.40 bits per heavy atom. The van der Waals surface area contributed by atoms with Crippen LogP contribution >= 0.6 is 11.6 Å². The largest absolute Gasteiger partial charge is 0.339 e. The van der Waals surface area contributed by atoms with Crippen LogP contribution in [-0.4, -0.2) is 14.7 Å². The molecule has 0 saturated heterocycles. The molecule has 0 aliphatic rings. The van der Waals surface area contributed by atoms with Gasteiger partial charge in [0.1, 0.15) is 0 Å². The zero-order valence-corrected chi connectivity index (χ0v) is 11.9. The minimum absolute atomic E-state index is 0.484. The number of hydrogen-bond acceptors (Lipinski definition) is 4. The molecule has 2 heterocycles. The van der Waals surface area contributed by atoms with E-state index < -0.39 is 0 Å². The van der Waals surface area contributed by atoms with Crippen molar-refractivity contribution in [1.82, 2.24) is 14.7 Å². The summed E-state index contributed by atoms with van der Waals surface area (Å²) in [4.78, 5) is 4.33. The maximum atomic E-state index is 6.08. The topological polar surface area (TPSA) is 69.9 Å². The Morgan fingerprint density at radius 3 is 2.95 bits per heavy atom. The van der Waals surface area contributed by atoms with E-state index in [1.807, 2.05) is 35.9 Å². The smallest absolute Gasteiger partial charge is 0.226 e. The van der Waals surface area contributed by atoms with Crippen molar-refractivity contribution >= 4 is 22.5 Å². The number of nitrogens with zero attached hydrogens (tertiary/aromatic N) is 3. The second-order valence-corrected chi connectivity index (χ2v) is 5.04. The lowest BCUT2D eigenvalue weighted by molar-refractivity contribution is 0.375. The molecule has 0 unspecified atom stereocenters. The molecule has 0 amide bonds. The molecule has 2 aromatic heterocycles. The molecule has 0 spiro atoms. The quantitative estimate of drug-likeness (QED) is 0.802. The molecule has 0 aliphatic heterocycles. The first-order valence-electron chi connectivity index (χ1n) is 6.50. The average Bonchev–Trinajstić information content (AvgIpc) is 3.04. The summed E-state index contributed by atoms with van der Waals surface area (Å²) in [7, 11) is 0. The monoisotopic (exact) mass is 290 g/mol. The van der Waals surface area contributed by atoms with Gasteiger partial charge in [-0.1, -0.05) is 29.7 Å².